The molecule has 0 spiro atoms. The molecule has 3 saturated carbocycles. The molecule has 0 unspecified atom stereocenters. The van der Waals surface area contributed by atoms with Crippen molar-refractivity contribution in [2.24, 2.45) is 34.5 Å². The van der Waals surface area contributed by atoms with Gasteiger partial charge in [-0.1, -0.05) is 31.6 Å². The van der Waals surface area contributed by atoms with Crippen LogP contribution < -0.4 is 0 Å². The average molecular weight is 1020 g/mol. The SMILES string of the molecule is C/C=C(\C)C(=O)O[C@@H]1C[C@H]2[C@@H](CC=C3C[C@@H]([C@H]4C[C@H](OC)[C@H](OO[C@H]5C[C@H](OC)[C@H](O[C@H]6C[C@H](OC)[C@H](O[C@@H]7O[C@H](C)[C@@H](O)[C@H](OC)[C@H]7O)[C@@H](C)O6)[C@@H](C)O5)[C@@H](C)O4)CC[C@@]32C)[C@@]2(O)CC[C@H](C(C)=O)[C@@]12C. The van der Waals surface area contributed by atoms with Crippen molar-refractivity contribution in [3.8, 4) is 0 Å². The van der Waals surface area contributed by atoms with Gasteiger partial charge in [0, 0.05) is 64.6 Å². The van der Waals surface area contributed by atoms with Crippen LogP contribution in [0.1, 0.15) is 127 Å². The number of esters is 1. The molecule has 18 nitrogen and oxygen atoms in total. The molecule has 0 aromatic carbocycles. The monoisotopic (exact) mass is 1020 g/mol. The minimum atomic E-state index is -1.23. The number of aliphatic hydroxyl groups excluding tert-OH is 2. The number of aliphatic hydroxyl groups is 3. The van der Waals surface area contributed by atoms with E-state index in [0.29, 0.717) is 50.5 Å². The van der Waals surface area contributed by atoms with Crippen LogP contribution >= 0.6 is 0 Å². The van der Waals surface area contributed by atoms with Crippen molar-refractivity contribution in [1.29, 1.82) is 0 Å². The van der Waals surface area contributed by atoms with Crippen molar-refractivity contribution in [2.75, 3.05) is 28.4 Å². The molecule has 8 aliphatic rings. The zero-order valence-electron chi connectivity index (χ0n) is 44.9. The molecular weight excluding hydrogens is 937 g/mol. The molecule has 0 aromatic rings. The molecule has 0 bridgehead atoms. The summed E-state index contributed by atoms with van der Waals surface area (Å²) in [5.74, 6) is -0.468. The molecular formula is C54H86O18. The first-order chi connectivity index (χ1) is 34.2. The van der Waals surface area contributed by atoms with Crippen LogP contribution in [-0.4, -0.2) is 172 Å². The van der Waals surface area contributed by atoms with Gasteiger partial charge in [0.2, 0.25) is 0 Å². The number of carbonyl (C=O) groups is 2. The third-order valence-electron chi connectivity index (χ3n) is 19.2. The van der Waals surface area contributed by atoms with E-state index in [1.807, 2.05) is 34.6 Å². The van der Waals surface area contributed by atoms with E-state index >= 15 is 0 Å². The maximum atomic E-state index is 13.4. The maximum Gasteiger partial charge on any atom is 0.333 e. The Balaban J connectivity index is 0.857. The fourth-order valence-corrected chi connectivity index (χ4v) is 14.7. The Morgan fingerprint density at radius 1 is 0.694 bits per heavy atom. The van der Waals surface area contributed by atoms with Crippen LogP contribution in [0, 0.1) is 34.5 Å². The third kappa shape index (κ3) is 10.2. The summed E-state index contributed by atoms with van der Waals surface area (Å²) >= 11 is 0. The Morgan fingerprint density at radius 2 is 1.32 bits per heavy atom. The van der Waals surface area contributed by atoms with Gasteiger partial charge in [-0.2, -0.15) is 0 Å². The number of Topliss-reactive ketones (excluding diaryl/α,β-unsaturated/α-hetero) is 1. The molecule has 0 amide bonds. The van der Waals surface area contributed by atoms with Gasteiger partial charge in [0.15, 0.2) is 18.9 Å². The molecule has 4 saturated heterocycles. The Hall–Kier alpha value is -1.98. The summed E-state index contributed by atoms with van der Waals surface area (Å²) in [4.78, 5) is 38.8. The summed E-state index contributed by atoms with van der Waals surface area (Å²) < 4.78 is 67.7. The standard InChI is InChI=1S/C54H86O18/c1-14-26(2)50(58)68-41-22-36-35(54(59)20-18-34(27(3)55)53(41,54)9)16-15-33-21-32(17-19-52(33,36)8)37-23-38(60-10)48(31(7)64-37)72-71-43-25-40(62-12)46(29(5)66-43)69-42-24-39(61-11)47(30(6)65-42)70-51-45(57)49(63-13)44(56)28(4)67-51/h14-15,28-32,34-49,51,56-57,59H,16-25H2,1-13H3/b26-14+/t28-,29-,30-,31-,32+,34-,35-,36+,37-,38+,39+,40+,41-,42+,43+,44-,45-,46-,47-,48-,49+,51+,52+,53+,54+/m1/s1. The summed E-state index contributed by atoms with van der Waals surface area (Å²) in [6, 6.07) is 0. The minimum absolute atomic E-state index is 0.0422. The zero-order valence-corrected chi connectivity index (χ0v) is 44.9. The number of ether oxygens (including phenoxy) is 11. The maximum absolute atomic E-state index is 13.4. The first-order valence-electron chi connectivity index (χ1n) is 26.7. The van der Waals surface area contributed by atoms with Crippen LogP contribution in [0.15, 0.2) is 23.3 Å². The first kappa shape index (κ1) is 56.2. The average Bonchev–Trinajstić information content (AvgIpc) is 3.65. The predicted octanol–water partition coefficient (Wildman–Crippen LogP) is 5.43. The van der Waals surface area contributed by atoms with E-state index in [1.54, 1.807) is 48.2 Å². The number of ketones is 1. The number of hydrogen-bond donors (Lipinski definition) is 3. The van der Waals surface area contributed by atoms with E-state index in [9.17, 15) is 24.9 Å². The zero-order chi connectivity index (χ0) is 52.2. The predicted molar refractivity (Wildman–Crippen MR) is 258 cm³/mol. The number of fused-ring (bicyclic) bond motifs is 5. The fourth-order valence-electron chi connectivity index (χ4n) is 14.7. The molecule has 4 aliphatic carbocycles. The van der Waals surface area contributed by atoms with Crippen LogP contribution in [0.3, 0.4) is 0 Å². The molecule has 8 rings (SSSR count). The minimum Gasteiger partial charge on any atom is -0.458 e. The number of carbonyl (C=O) groups excluding carboxylic acids is 2. The van der Waals surface area contributed by atoms with Gasteiger partial charge in [0.25, 0.3) is 0 Å². The van der Waals surface area contributed by atoms with Crippen molar-refractivity contribution in [1.82, 2.24) is 0 Å². The molecule has 4 aliphatic heterocycles. The van der Waals surface area contributed by atoms with Crippen LogP contribution in [-0.2, 0) is 71.5 Å². The highest BCUT2D eigenvalue weighted by Crippen LogP contribution is 2.69. The number of methoxy groups -OCH3 is 4. The van der Waals surface area contributed by atoms with E-state index in [4.69, 9.17) is 61.9 Å². The second kappa shape index (κ2) is 22.5. The van der Waals surface area contributed by atoms with E-state index in [1.165, 1.54) is 12.7 Å². The highest BCUT2D eigenvalue weighted by Gasteiger charge is 2.71. The molecule has 0 radical (unpaired) electrons. The topological polar surface area (TPSA) is 215 Å². The van der Waals surface area contributed by atoms with Crippen molar-refractivity contribution in [3.63, 3.8) is 0 Å². The second-order valence-electron chi connectivity index (χ2n) is 22.8. The summed E-state index contributed by atoms with van der Waals surface area (Å²) in [5, 5.41) is 34.2. The fraction of sp³-hybridized carbons (Fsp3) is 0.889. The molecule has 0 aromatic heterocycles. The lowest BCUT2D eigenvalue weighted by Gasteiger charge is -2.63. The van der Waals surface area contributed by atoms with Gasteiger partial charge in [-0.25, -0.2) is 14.6 Å². The Kier molecular flexibility index (Phi) is 17.6. The lowest BCUT2D eigenvalue weighted by molar-refractivity contribution is -0.443. The van der Waals surface area contributed by atoms with E-state index < -0.39 is 103 Å². The van der Waals surface area contributed by atoms with Crippen LogP contribution in [0.5, 0.6) is 0 Å². The van der Waals surface area contributed by atoms with Crippen LogP contribution in [0.2, 0.25) is 0 Å². The van der Waals surface area contributed by atoms with Gasteiger partial charge in [0.1, 0.15) is 48.5 Å². The van der Waals surface area contributed by atoms with E-state index in [0.717, 1.165) is 19.3 Å². The number of rotatable bonds is 15. The van der Waals surface area contributed by atoms with Gasteiger partial charge in [0.05, 0.1) is 54.4 Å². The Bertz CT molecular complexity index is 1950. The second-order valence-corrected chi connectivity index (χ2v) is 22.8. The summed E-state index contributed by atoms with van der Waals surface area (Å²) in [7, 11) is 6.31. The summed E-state index contributed by atoms with van der Waals surface area (Å²) in [6.45, 7) is 16.9. The molecule has 410 valence electrons. The lowest BCUT2D eigenvalue weighted by Crippen LogP contribution is -2.66. The van der Waals surface area contributed by atoms with Crippen molar-refractivity contribution in [3.05, 3.63) is 23.3 Å². The number of allylic oxidation sites excluding steroid dienone is 3. The highest BCUT2D eigenvalue weighted by atomic mass is 17.2. The van der Waals surface area contributed by atoms with Crippen molar-refractivity contribution < 1.29 is 86.8 Å². The van der Waals surface area contributed by atoms with Gasteiger partial charge in [-0.3, -0.25) is 4.79 Å². The quantitative estimate of drug-likeness (QED) is 0.0613. The van der Waals surface area contributed by atoms with Gasteiger partial charge < -0.3 is 67.4 Å². The largest absolute Gasteiger partial charge is 0.458 e. The molecule has 25 atom stereocenters. The molecule has 3 N–H and O–H groups in total. The third-order valence-corrected chi connectivity index (χ3v) is 19.2. The Morgan fingerprint density at radius 3 is 1.96 bits per heavy atom. The van der Waals surface area contributed by atoms with Gasteiger partial charge >= 0.3 is 5.97 Å². The van der Waals surface area contributed by atoms with Crippen molar-refractivity contribution in [2.45, 2.75) is 243 Å². The smallest absolute Gasteiger partial charge is 0.333 e. The van der Waals surface area contributed by atoms with E-state index in [2.05, 4.69) is 13.0 Å². The molecule has 72 heavy (non-hydrogen) atoms. The molecule has 7 fully saturated rings. The van der Waals surface area contributed by atoms with Gasteiger partial charge in [-0.15, -0.1) is 0 Å². The van der Waals surface area contributed by atoms with Crippen LogP contribution in [0.4, 0.5) is 0 Å². The van der Waals surface area contributed by atoms with Crippen LogP contribution in [0.25, 0.3) is 0 Å². The van der Waals surface area contributed by atoms with Crippen molar-refractivity contribution >= 4 is 11.8 Å². The Labute approximate surface area is 426 Å². The highest BCUT2D eigenvalue weighted by molar-refractivity contribution is 5.88. The molecule has 4 heterocycles. The normalized spacial score (nSPS) is 49.8. The molecule has 18 heteroatoms. The first-order valence-corrected chi connectivity index (χ1v) is 26.7. The summed E-state index contributed by atoms with van der Waals surface area (Å²) in [5.41, 5.74) is -0.347. The van der Waals surface area contributed by atoms with Gasteiger partial charge in [-0.05, 0) is 117 Å². The summed E-state index contributed by atoms with van der Waals surface area (Å²) in [6.07, 6.45) is -0.871. The lowest BCUT2D eigenvalue weighted by atomic mass is 9.44. The number of hydrogen-bond acceptors (Lipinski definition) is 18. The van der Waals surface area contributed by atoms with E-state index in [-0.39, 0.29) is 59.2 Å².